The zero-order chi connectivity index (χ0) is 16.4. The van der Waals surface area contributed by atoms with E-state index >= 15 is 0 Å². The molecule has 3 rings (SSSR count). The van der Waals surface area contributed by atoms with E-state index in [1.165, 1.54) is 11.8 Å². The van der Waals surface area contributed by atoms with Gasteiger partial charge >= 0.3 is 0 Å². The number of amides is 1. The Morgan fingerprint density at radius 2 is 2.13 bits per heavy atom. The predicted octanol–water partition coefficient (Wildman–Crippen LogP) is 2.31. The van der Waals surface area contributed by atoms with Crippen LogP contribution in [0.5, 0.6) is 11.5 Å². The van der Waals surface area contributed by atoms with Crippen LogP contribution >= 0.6 is 11.8 Å². The molecule has 1 aliphatic heterocycles. The number of rotatable bonds is 5. The Hall–Kier alpha value is -2.15. The van der Waals surface area contributed by atoms with E-state index in [2.05, 4.69) is 9.55 Å². The van der Waals surface area contributed by atoms with E-state index in [1.54, 1.807) is 6.92 Å². The van der Waals surface area contributed by atoms with Crippen LogP contribution in [0, 0.1) is 0 Å². The molecule has 2 heterocycles. The van der Waals surface area contributed by atoms with E-state index in [0.717, 1.165) is 34.5 Å². The molecular formula is C16H19N3O3S. The number of hydrogen-bond acceptors (Lipinski definition) is 5. The number of fused-ring (bicyclic) bond motifs is 1. The molecule has 0 saturated carbocycles. The van der Waals surface area contributed by atoms with Crippen LogP contribution in [0.3, 0.4) is 0 Å². The number of imidazole rings is 1. The van der Waals surface area contributed by atoms with E-state index in [0.29, 0.717) is 13.2 Å². The summed E-state index contributed by atoms with van der Waals surface area (Å²) in [7, 11) is 0. The van der Waals surface area contributed by atoms with Gasteiger partial charge in [-0.25, -0.2) is 4.98 Å². The lowest BCUT2D eigenvalue weighted by atomic mass is 10.1. The van der Waals surface area contributed by atoms with E-state index in [9.17, 15) is 4.79 Å². The Morgan fingerprint density at radius 1 is 1.39 bits per heavy atom. The van der Waals surface area contributed by atoms with Crippen molar-refractivity contribution in [1.29, 1.82) is 0 Å². The summed E-state index contributed by atoms with van der Waals surface area (Å²) in [4.78, 5) is 15.7. The maximum Gasteiger partial charge on any atom is 0.230 e. The highest BCUT2D eigenvalue weighted by Gasteiger charge is 2.19. The number of carbonyl (C=O) groups is 1. The Balaban J connectivity index is 1.94. The molecule has 0 fully saturated rings. The van der Waals surface area contributed by atoms with Crippen molar-refractivity contribution < 1.29 is 14.3 Å². The van der Waals surface area contributed by atoms with Gasteiger partial charge in [-0.2, -0.15) is 0 Å². The standard InChI is InChI=1S/C16H19N3O3S/c1-3-19-12(9-18-16(19)23-10(2)15(17)20)11-4-5-13-14(8-11)22-7-6-21-13/h4-5,8-10H,3,6-7H2,1-2H3,(H2,17,20). The van der Waals surface area contributed by atoms with Gasteiger partial charge in [0.15, 0.2) is 16.7 Å². The molecule has 1 aromatic carbocycles. The number of thioether (sulfide) groups is 1. The third-order valence-electron chi connectivity index (χ3n) is 3.66. The van der Waals surface area contributed by atoms with Gasteiger partial charge in [0.1, 0.15) is 13.2 Å². The highest BCUT2D eigenvalue weighted by Crippen LogP contribution is 2.36. The highest BCUT2D eigenvalue weighted by atomic mass is 32.2. The minimum atomic E-state index is -0.346. The molecule has 2 aromatic rings. The monoisotopic (exact) mass is 333 g/mol. The molecule has 122 valence electrons. The van der Waals surface area contributed by atoms with E-state index in [1.807, 2.05) is 31.3 Å². The smallest absolute Gasteiger partial charge is 0.230 e. The minimum Gasteiger partial charge on any atom is -0.486 e. The molecule has 1 unspecified atom stereocenters. The van der Waals surface area contributed by atoms with Crippen molar-refractivity contribution in [1.82, 2.24) is 9.55 Å². The lowest BCUT2D eigenvalue weighted by Crippen LogP contribution is -2.23. The lowest BCUT2D eigenvalue weighted by molar-refractivity contribution is -0.117. The molecule has 0 radical (unpaired) electrons. The summed E-state index contributed by atoms with van der Waals surface area (Å²) >= 11 is 1.37. The number of ether oxygens (including phenoxy) is 2. The van der Waals surface area contributed by atoms with Crippen LogP contribution in [-0.4, -0.2) is 33.9 Å². The van der Waals surface area contributed by atoms with Gasteiger partial charge < -0.3 is 19.8 Å². The second-order valence-electron chi connectivity index (χ2n) is 5.19. The summed E-state index contributed by atoms with van der Waals surface area (Å²) in [5.41, 5.74) is 7.32. The zero-order valence-electron chi connectivity index (χ0n) is 13.1. The topological polar surface area (TPSA) is 79.4 Å². The van der Waals surface area contributed by atoms with Gasteiger partial charge in [-0.3, -0.25) is 4.79 Å². The summed E-state index contributed by atoms with van der Waals surface area (Å²) in [5, 5.41) is 0.458. The number of hydrogen-bond donors (Lipinski definition) is 1. The largest absolute Gasteiger partial charge is 0.486 e. The maximum absolute atomic E-state index is 11.3. The third kappa shape index (κ3) is 3.14. The Labute approximate surface area is 139 Å². The van der Waals surface area contributed by atoms with Crippen molar-refractivity contribution in [3.05, 3.63) is 24.4 Å². The van der Waals surface area contributed by atoms with Gasteiger partial charge in [0.05, 0.1) is 17.1 Å². The van der Waals surface area contributed by atoms with E-state index in [-0.39, 0.29) is 11.2 Å². The molecule has 1 atom stereocenters. The van der Waals surface area contributed by atoms with Crippen molar-refractivity contribution >= 4 is 17.7 Å². The Kier molecular flexibility index (Phi) is 4.47. The fourth-order valence-corrected chi connectivity index (χ4v) is 3.31. The lowest BCUT2D eigenvalue weighted by Gasteiger charge is -2.19. The van der Waals surface area contributed by atoms with E-state index in [4.69, 9.17) is 15.2 Å². The number of nitrogens with two attached hydrogens (primary N) is 1. The fourth-order valence-electron chi connectivity index (χ4n) is 2.41. The van der Waals surface area contributed by atoms with Crippen molar-refractivity contribution in [2.75, 3.05) is 13.2 Å². The Bertz CT molecular complexity index is 729. The van der Waals surface area contributed by atoms with Crippen LogP contribution in [-0.2, 0) is 11.3 Å². The molecule has 2 N–H and O–H groups in total. The predicted molar refractivity (Wildman–Crippen MR) is 88.8 cm³/mol. The summed E-state index contributed by atoms with van der Waals surface area (Å²) in [5.74, 6) is 1.17. The van der Waals surface area contributed by atoms with Crippen LogP contribution in [0.1, 0.15) is 13.8 Å². The third-order valence-corrected chi connectivity index (χ3v) is 4.78. The minimum absolute atomic E-state index is 0.323. The molecule has 0 aliphatic carbocycles. The molecule has 6 nitrogen and oxygen atoms in total. The van der Waals surface area contributed by atoms with Crippen molar-refractivity contribution in [3.63, 3.8) is 0 Å². The Morgan fingerprint density at radius 3 is 2.83 bits per heavy atom. The fraction of sp³-hybridized carbons (Fsp3) is 0.375. The van der Waals surface area contributed by atoms with E-state index < -0.39 is 0 Å². The molecule has 7 heteroatoms. The van der Waals surface area contributed by atoms with Gasteiger partial charge in [0, 0.05) is 12.1 Å². The molecular weight excluding hydrogens is 314 g/mol. The van der Waals surface area contributed by atoms with Crippen LogP contribution in [0.25, 0.3) is 11.3 Å². The molecule has 0 spiro atoms. The van der Waals surface area contributed by atoms with Crippen LogP contribution in [0.4, 0.5) is 0 Å². The molecule has 0 bridgehead atoms. The number of benzene rings is 1. The van der Waals surface area contributed by atoms with Gasteiger partial charge in [-0.15, -0.1) is 0 Å². The maximum atomic E-state index is 11.3. The SMILES string of the molecule is CCn1c(-c2ccc3c(c2)OCCO3)cnc1SC(C)C(N)=O. The van der Waals surface area contributed by atoms with Crippen LogP contribution in [0.15, 0.2) is 29.6 Å². The number of aromatic nitrogens is 2. The van der Waals surface area contributed by atoms with Crippen molar-refractivity contribution in [2.45, 2.75) is 30.8 Å². The quantitative estimate of drug-likeness (QED) is 0.849. The second kappa shape index (κ2) is 6.54. The van der Waals surface area contributed by atoms with Crippen LogP contribution < -0.4 is 15.2 Å². The highest BCUT2D eigenvalue weighted by molar-refractivity contribution is 8.00. The van der Waals surface area contributed by atoms with Crippen LogP contribution in [0.2, 0.25) is 0 Å². The first-order valence-electron chi connectivity index (χ1n) is 7.51. The first-order valence-corrected chi connectivity index (χ1v) is 8.39. The van der Waals surface area contributed by atoms with Gasteiger partial charge in [-0.1, -0.05) is 11.8 Å². The second-order valence-corrected chi connectivity index (χ2v) is 6.50. The van der Waals surface area contributed by atoms with Gasteiger partial charge in [-0.05, 0) is 32.0 Å². The number of nitrogens with zero attached hydrogens (tertiary/aromatic N) is 2. The van der Waals surface area contributed by atoms with Crippen molar-refractivity contribution in [3.8, 4) is 22.8 Å². The average molecular weight is 333 g/mol. The molecule has 1 aliphatic rings. The number of carbonyl (C=O) groups excluding carboxylic acids is 1. The molecule has 1 aromatic heterocycles. The molecule has 0 saturated heterocycles. The zero-order valence-corrected chi connectivity index (χ0v) is 13.9. The summed E-state index contributed by atoms with van der Waals surface area (Å²) in [6, 6.07) is 5.86. The summed E-state index contributed by atoms with van der Waals surface area (Å²) < 4.78 is 13.3. The average Bonchev–Trinajstić information content (AvgIpc) is 2.96. The summed E-state index contributed by atoms with van der Waals surface area (Å²) in [6.45, 7) is 5.71. The normalized spacial score (nSPS) is 14.5. The first kappa shape index (κ1) is 15.7. The number of primary amides is 1. The van der Waals surface area contributed by atoms with Crippen molar-refractivity contribution in [2.24, 2.45) is 5.73 Å². The first-order chi connectivity index (χ1) is 11.1. The summed E-state index contributed by atoms with van der Waals surface area (Å²) in [6.07, 6.45) is 1.81. The molecule has 1 amide bonds. The molecule has 23 heavy (non-hydrogen) atoms. The van der Waals surface area contributed by atoms with Gasteiger partial charge in [0.2, 0.25) is 5.91 Å². The van der Waals surface area contributed by atoms with Gasteiger partial charge in [0.25, 0.3) is 0 Å².